The molecule has 0 saturated heterocycles. The summed E-state index contributed by atoms with van der Waals surface area (Å²) in [5.74, 6) is 1.69. The third kappa shape index (κ3) is 2.86. The fourth-order valence-electron chi connectivity index (χ4n) is 2.74. The number of aryl methyl sites for hydroxylation is 2. The van der Waals surface area contributed by atoms with Crippen LogP contribution in [0.15, 0.2) is 55.0 Å². The minimum absolute atomic E-state index is 0.440. The molecule has 0 aliphatic rings. The summed E-state index contributed by atoms with van der Waals surface area (Å²) in [5.41, 5.74) is 3.90. The van der Waals surface area contributed by atoms with Crippen molar-refractivity contribution in [3.05, 3.63) is 66.1 Å². The van der Waals surface area contributed by atoms with E-state index in [0.717, 1.165) is 16.6 Å². The smallest absolute Gasteiger partial charge is 0.233 e. The van der Waals surface area contributed by atoms with Crippen molar-refractivity contribution in [1.29, 1.82) is 0 Å². The molecule has 4 rings (SSSR count). The summed E-state index contributed by atoms with van der Waals surface area (Å²) in [7, 11) is 1.62. The van der Waals surface area contributed by atoms with Gasteiger partial charge in [0.2, 0.25) is 5.88 Å². The van der Waals surface area contributed by atoms with Crippen LogP contribution in [0.1, 0.15) is 11.1 Å². The Kier molecular flexibility index (Phi) is 4.01. The van der Waals surface area contributed by atoms with Crippen LogP contribution in [0.5, 0.6) is 17.4 Å². The molecule has 0 bridgehead atoms. The molecule has 0 atom stereocenters. The average molecular weight is 346 g/mol. The molecule has 0 spiro atoms. The molecule has 0 N–H and O–H groups in total. The van der Waals surface area contributed by atoms with Crippen LogP contribution in [-0.2, 0) is 0 Å². The van der Waals surface area contributed by atoms with Crippen molar-refractivity contribution < 1.29 is 9.47 Å². The molecule has 0 unspecified atom stereocenters. The zero-order chi connectivity index (χ0) is 18.1. The van der Waals surface area contributed by atoms with Crippen LogP contribution < -0.4 is 9.47 Å². The van der Waals surface area contributed by atoms with Gasteiger partial charge in [0.1, 0.15) is 11.7 Å². The summed E-state index contributed by atoms with van der Waals surface area (Å²) in [6, 6.07) is 13.8. The minimum Gasteiger partial charge on any atom is -0.493 e. The van der Waals surface area contributed by atoms with Gasteiger partial charge in [0.25, 0.3) is 0 Å². The summed E-state index contributed by atoms with van der Waals surface area (Å²) < 4.78 is 13.2. The first-order valence-corrected chi connectivity index (χ1v) is 8.24. The fourth-order valence-corrected chi connectivity index (χ4v) is 2.74. The molecule has 6 nitrogen and oxygen atoms in total. The second kappa shape index (κ2) is 6.48. The highest BCUT2D eigenvalue weighted by atomic mass is 16.5. The molecule has 130 valence electrons. The summed E-state index contributed by atoms with van der Waals surface area (Å²) in [6.45, 7) is 4.05. The van der Waals surface area contributed by atoms with E-state index in [1.165, 1.54) is 11.9 Å². The molecule has 0 fully saturated rings. The lowest BCUT2D eigenvalue weighted by atomic mass is 10.2. The monoisotopic (exact) mass is 346 g/mol. The summed E-state index contributed by atoms with van der Waals surface area (Å²) in [6.07, 6.45) is 3.19. The third-order valence-corrected chi connectivity index (χ3v) is 4.13. The molecule has 0 saturated carbocycles. The Balaban J connectivity index is 1.77. The first-order valence-electron chi connectivity index (χ1n) is 8.24. The Bertz CT molecular complexity index is 1070. The standard InChI is InChI=1S/C20H18N4O2/c1-13-4-7-15(8-5-13)24-19-16(11-23-24)20(22-12-21-19)26-17-9-6-14(2)10-18(17)25-3/h4-12H,1-3H3. The van der Waals surface area contributed by atoms with E-state index >= 15 is 0 Å². The van der Waals surface area contributed by atoms with Crippen molar-refractivity contribution in [2.75, 3.05) is 7.11 Å². The van der Waals surface area contributed by atoms with Crippen molar-refractivity contribution in [1.82, 2.24) is 19.7 Å². The minimum atomic E-state index is 0.440. The topological polar surface area (TPSA) is 62.1 Å². The number of ether oxygens (including phenoxy) is 2. The van der Waals surface area contributed by atoms with Gasteiger partial charge in [0.05, 0.1) is 19.0 Å². The zero-order valence-electron chi connectivity index (χ0n) is 14.8. The van der Waals surface area contributed by atoms with E-state index in [1.807, 2.05) is 56.3 Å². The number of nitrogens with zero attached hydrogens (tertiary/aromatic N) is 4. The zero-order valence-corrected chi connectivity index (χ0v) is 14.8. The molecule has 2 aromatic heterocycles. The van der Waals surface area contributed by atoms with Crippen LogP contribution in [0.2, 0.25) is 0 Å². The summed E-state index contributed by atoms with van der Waals surface area (Å²) >= 11 is 0. The molecule has 6 heteroatoms. The maximum Gasteiger partial charge on any atom is 0.233 e. The van der Waals surface area contributed by atoms with E-state index in [9.17, 15) is 0 Å². The predicted molar refractivity (Wildman–Crippen MR) is 99.2 cm³/mol. The van der Waals surface area contributed by atoms with Crippen molar-refractivity contribution in [2.24, 2.45) is 0 Å². The quantitative estimate of drug-likeness (QED) is 0.553. The van der Waals surface area contributed by atoms with Gasteiger partial charge in [-0.15, -0.1) is 0 Å². The summed E-state index contributed by atoms with van der Waals surface area (Å²) in [4.78, 5) is 8.66. The molecular weight excluding hydrogens is 328 g/mol. The van der Waals surface area contributed by atoms with E-state index < -0.39 is 0 Å². The van der Waals surface area contributed by atoms with Gasteiger partial charge in [-0.3, -0.25) is 0 Å². The van der Waals surface area contributed by atoms with E-state index in [2.05, 4.69) is 15.1 Å². The first kappa shape index (κ1) is 16.1. The highest BCUT2D eigenvalue weighted by Crippen LogP contribution is 2.34. The number of benzene rings is 2. The molecule has 26 heavy (non-hydrogen) atoms. The molecular formula is C20H18N4O2. The number of hydrogen-bond acceptors (Lipinski definition) is 5. The average Bonchev–Trinajstić information content (AvgIpc) is 3.09. The normalized spacial score (nSPS) is 10.9. The fraction of sp³-hybridized carbons (Fsp3) is 0.150. The highest BCUT2D eigenvalue weighted by molar-refractivity contribution is 5.81. The van der Waals surface area contributed by atoms with Crippen LogP contribution in [0, 0.1) is 13.8 Å². The number of fused-ring (bicyclic) bond motifs is 1. The highest BCUT2D eigenvalue weighted by Gasteiger charge is 2.14. The first-order chi connectivity index (χ1) is 12.7. The van der Waals surface area contributed by atoms with Crippen LogP contribution in [0.25, 0.3) is 16.7 Å². The lowest BCUT2D eigenvalue weighted by Crippen LogP contribution is -1.98. The van der Waals surface area contributed by atoms with Gasteiger partial charge in [0.15, 0.2) is 17.1 Å². The van der Waals surface area contributed by atoms with Crippen LogP contribution in [0.3, 0.4) is 0 Å². The molecule has 0 radical (unpaired) electrons. The number of methoxy groups -OCH3 is 1. The Labute approximate surface area is 151 Å². The lowest BCUT2D eigenvalue weighted by molar-refractivity contribution is 0.375. The van der Waals surface area contributed by atoms with Gasteiger partial charge in [-0.2, -0.15) is 5.10 Å². The molecule has 0 amide bonds. The van der Waals surface area contributed by atoms with E-state index in [4.69, 9.17) is 9.47 Å². The second-order valence-corrected chi connectivity index (χ2v) is 6.06. The van der Waals surface area contributed by atoms with E-state index in [0.29, 0.717) is 23.0 Å². The Morgan fingerprint density at radius 2 is 1.65 bits per heavy atom. The van der Waals surface area contributed by atoms with Crippen molar-refractivity contribution in [3.63, 3.8) is 0 Å². The van der Waals surface area contributed by atoms with Gasteiger partial charge >= 0.3 is 0 Å². The van der Waals surface area contributed by atoms with E-state index in [-0.39, 0.29) is 0 Å². The van der Waals surface area contributed by atoms with Gasteiger partial charge in [-0.05, 0) is 43.7 Å². The predicted octanol–water partition coefficient (Wildman–Crippen LogP) is 4.23. The number of rotatable bonds is 4. The Hall–Kier alpha value is -3.41. The van der Waals surface area contributed by atoms with Crippen molar-refractivity contribution >= 4 is 11.0 Å². The van der Waals surface area contributed by atoms with Crippen LogP contribution >= 0.6 is 0 Å². The lowest BCUT2D eigenvalue weighted by Gasteiger charge is -2.10. The van der Waals surface area contributed by atoms with Gasteiger partial charge in [0, 0.05) is 0 Å². The number of aromatic nitrogens is 4. The van der Waals surface area contributed by atoms with Gasteiger partial charge in [-0.1, -0.05) is 23.8 Å². The maximum absolute atomic E-state index is 6.01. The maximum atomic E-state index is 6.01. The van der Waals surface area contributed by atoms with Gasteiger partial charge in [-0.25, -0.2) is 14.6 Å². The van der Waals surface area contributed by atoms with Crippen molar-refractivity contribution in [2.45, 2.75) is 13.8 Å². The summed E-state index contributed by atoms with van der Waals surface area (Å²) in [5, 5.41) is 5.19. The van der Waals surface area contributed by atoms with Crippen molar-refractivity contribution in [3.8, 4) is 23.1 Å². The molecule has 4 aromatic rings. The van der Waals surface area contributed by atoms with Crippen LogP contribution in [-0.4, -0.2) is 26.9 Å². The SMILES string of the molecule is COc1cc(C)ccc1Oc1ncnc2c1cnn2-c1ccc(C)cc1. The van der Waals surface area contributed by atoms with E-state index in [1.54, 1.807) is 18.0 Å². The largest absolute Gasteiger partial charge is 0.493 e. The van der Waals surface area contributed by atoms with Gasteiger partial charge < -0.3 is 9.47 Å². The molecule has 2 heterocycles. The third-order valence-electron chi connectivity index (χ3n) is 4.13. The Morgan fingerprint density at radius 3 is 2.42 bits per heavy atom. The van der Waals surface area contributed by atoms with Crippen LogP contribution in [0.4, 0.5) is 0 Å². The second-order valence-electron chi connectivity index (χ2n) is 6.06. The molecule has 2 aromatic carbocycles. The molecule has 0 aliphatic heterocycles. The number of hydrogen-bond donors (Lipinski definition) is 0. The molecule has 0 aliphatic carbocycles. The Morgan fingerprint density at radius 1 is 0.885 bits per heavy atom.